The standard InChI is InChI=1S/C20H22BrClN2O3S/c1-3-24(4-2)28(26,27)16-9-10-17(22)18(13-16)23-19(25)20(11-12-20)14-5-7-15(21)8-6-14/h5-10,13H,3-4,11-12H2,1-2H3,(H,23,25). The van der Waals surface area contributed by atoms with Gasteiger partial charge in [-0.15, -0.1) is 0 Å². The molecular formula is C20H22BrClN2O3S. The lowest BCUT2D eigenvalue weighted by atomic mass is 9.95. The minimum Gasteiger partial charge on any atom is -0.324 e. The van der Waals surface area contributed by atoms with Crippen molar-refractivity contribution in [2.75, 3.05) is 18.4 Å². The largest absolute Gasteiger partial charge is 0.324 e. The zero-order valence-electron chi connectivity index (χ0n) is 15.7. The number of nitrogens with zero attached hydrogens (tertiary/aromatic N) is 1. The molecule has 2 aromatic rings. The van der Waals surface area contributed by atoms with Crippen molar-refractivity contribution in [1.82, 2.24) is 4.31 Å². The first kappa shape index (κ1) is 21.3. The van der Waals surface area contributed by atoms with E-state index in [1.54, 1.807) is 13.8 Å². The average molecular weight is 486 g/mol. The van der Waals surface area contributed by atoms with Crippen molar-refractivity contribution in [3.8, 4) is 0 Å². The maximum atomic E-state index is 13.0. The second-order valence-electron chi connectivity index (χ2n) is 6.77. The Balaban J connectivity index is 1.89. The van der Waals surface area contributed by atoms with Crippen LogP contribution in [0, 0.1) is 0 Å². The van der Waals surface area contributed by atoms with Crippen LogP contribution in [0.5, 0.6) is 0 Å². The lowest BCUT2D eigenvalue weighted by Crippen LogP contribution is -2.31. The molecule has 1 amide bonds. The fourth-order valence-corrected chi connectivity index (χ4v) is 5.17. The zero-order valence-corrected chi connectivity index (χ0v) is 18.9. The molecule has 1 fully saturated rings. The first-order chi connectivity index (χ1) is 13.2. The smallest absolute Gasteiger partial charge is 0.243 e. The number of rotatable bonds is 7. The molecule has 5 nitrogen and oxygen atoms in total. The van der Waals surface area contributed by atoms with Crippen LogP contribution in [0.3, 0.4) is 0 Å². The minimum atomic E-state index is -3.63. The van der Waals surface area contributed by atoms with E-state index in [0.717, 1.165) is 22.9 Å². The fraction of sp³-hybridized carbons (Fsp3) is 0.350. The molecule has 1 N–H and O–H groups in total. The Morgan fingerprint density at radius 2 is 1.75 bits per heavy atom. The number of sulfonamides is 1. The Morgan fingerprint density at radius 1 is 1.14 bits per heavy atom. The number of hydrogen-bond acceptors (Lipinski definition) is 3. The van der Waals surface area contributed by atoms with Gasteiger partial charge in [0.2, 0.25) is 15.9 Å². The summed E-state index contributed by atoms with van der Waals surface area (Å²) in [7, 11) is -3.63. The normalized spacial score (nSPS) is 15.5. The Kier molecular flexibility index (Phi) is 6.20. The summed E-state index contributed by atoms with van der Waals surface area (Å²) >= 11 is 9.65. The van der Waals surface area contributed by atoms with Crippen LogP contribution < -0.4 is 5.32 Å². The predicted octanol–water partition coefficient (Wildman–Crippen LogP) is 4.80. The highest BCUT2D eigenvalue weighted by Crippen LogP contribution is 2.49. The van der Waals surface area contributed by atoms with E-state index in [9.17, 15) is 13.2 Å². The van der Waals surface area contributed by atoms with Crippen LogP contribution in [0.25, 0.3) is 0 Å². The van der Waals surface area contributed by atoms with Gasteiger partial charge < -0.3 is 5.32 Å². The molecule has 0 aliphatic heterocycles. The van der Waals surface area contributed by atoms with Crippen molar-refractivity contribution in [3.63, 3.8) is 0 Å². The highest BCUT2D eigenvalue weighted by Gasteiger charge is 2.51. The Labute approximate surface area is 179 Å². The maximum absolute atomic E-state index is 13.0. The number of amides is 1. The Bertz CT molecular complexity index is 985. The molecule has 1 aliphatic rings. The zero-order chi connectivity index (χ0) is 20.5. The molecule has 1 saturated carbocycles. The minimum absolute atomic E-state index is 0.115. The van der Waals surface area contributed by atoms with Gasteiger partial charge in [0, 0.05) is 17.6 Å². The third-order valence-electron chi connectivity index (χ3n) is 5.11. The highest BCUT2D eigenvalue weighted by atomic mass is 79.9. The number of carbonyl (C=O) groups excluding carboxylic acids is 1. The molecule has 0 heterocycles. The Morgan fingerprint density at radius 3 is 2.29 bits per heavy atom. The molecule has 0 atom stereocenters. The van der Waals surface area contributed by atoms with Crippen molar-refractivity contribution in [3.05, 3.63) is 57.5 Å². The third kappa shape index (κ3) is 3.99. The quantitative estimate of drug-likeness (QED) is 0.612. The molecule has 0 unspecified atom stereocenters. The fourth-order valence-electron chi connectivity index (χ4n) is 3.26. The Hall–Kier alpha value is -1.41. The van der Waals surface area contributed by atoms with Gasteiger partial charge in [0.15, 0.2) is 0 Å². The van der Waals surface area contributed by atoms with Crippen LogP contribution in [0.1, 0.15) is 32.3 Å². The van der Waals surface area contributed by atoms with Crippen molar-refractivity contribution < 1.29 is 13.2 Å². The molecule has 28 heavy (non-hydrogen) atoms. The van der Waals surface area contributed by atoms with Crippen LogP contribution in [0.15, 0.2) is 51.8 Å². The summed E-state index contributed by atoms with van der Waals surface area (Å²) in [5, 5.41) is 3.15. The van der Waals surface area contributed by atoms with E-state index in [2.05, 4.69) is 21.2 Å². The molecule has 0 radical (unpaired) electrons. The van der Waals surface area contributed by atoms with E-state index in [0.29, 0.717) is 23.8 Å². The molecule has 2 aromatic carbocycles. The average Bonchev–Trinajstić information content (AvgIpc) is 3.46. The van der Waals surface area contributed by atoms with E-state index >= 15 is 0 Å². The number of carbonyl (C=O) groups is 1. The molecule has 0 aromatic heterocycles. The predicted molar refractivity (Wildman–Crippen MR) is 115 cm³/mol. The molecular weight excluding hydrogens is 464 g/mol. The van der Waals surface area contributed by atoms with Crippen molar-refractivity contribution >= 4 is 49.1 Å². The van der Waals surface area contributed by atoms with Gasteiger partial charge in [0.05, 0.1) is 21.0 Å². The third-order valence-corrected chi connectivity index (χ3v) is 8.01. The van der Waals surface area contributed by atoms with Crippen LogP contribution >= 0.6 is 27.5 Å². The van der Waals surface area contributed by atoms with E-state index in [-0.39, 0.29) is 10.8 Å². The van der Waals surface area contributed by atoms with Crippen LogP contribution in [0.4, 0.5) is 5.69 Å². The molecule has 1 aliphatic carbocycles. The number of anilines is 1. The topological polar surface area (TPSA) is 66.5 Å². The second-order valence-corrected chi connectivity index (χ2v) is 10.0. The summed E-state index contributed by atoms with van der Waals surface area (Å²) in [5.74, 6) is -0.172. The summed E-state index contributed by atoms with van der Waals surface area (Å²) in [4.78, 5) is 13.1. The summed E-state index contributed by atoms with van der Waals surface area (Å²) in [6.45, 7) is 4.31. The van der Waals surface area contributed by atoms with Gasteiger partial charge in [0.25, 0.3) is 0 Å². The second kappa shape index (κ2) is 8.14. The van der Waals surface area contributed by atoms with Crippen molar-refractivity contribution in [1.29, 1.82) is 0 Å². The summed E-state index contributed by atoms with van der Waals surface area (Å²) < 4.78 is 27.9. The van der Waals surface area contributed by atoms with Gasteiger partial charge in [-0.1, -0.05) is 53.5 Å². The number of nitrogens with one attached hydrogen (secondary N) is 1. The first-order valence-electron chi connectivity index (χ1n) is 9.12. The SMILES string of the molecule is CCN(CC)S(=O)(=O)c1ccc(Cl)c(NC(=O)C2(c3ccc(Br)cc3)CC2)c1. The summed E-state index contributed by atoms with van der Waals surface area (Å²) in [6, 6.07) is 12.1. The monoisotopic (exact) mass is 484 g/mol. The number of halogens is 2. The lowest BCUT2D eigenvalue weighted by molar-refractivity contribution is -0.118. The lowest BCUT2D eigenvalue weighted by Gasteiger charge is -2.20. The molecule has 0 spiro atoms. The van der Waals surface area contributed by atoms with Crippen molar-refractivity contribution in [2.45, 2.75) is 37.0 Å². The van der Waals surface area contributed by atoms with E-state index < -0.39 is 15.4 Å². The van der Waals surface area contributed by atoms with Gasteiger partial charge >= 0.3 is 0 Å². The molecule has 3 rings (SSSR count). The maximum Gasteiger partial charge on any atom is 0.243 e. The van der Waals surface area contributed by atoms with E-state index in [1.165, 1.54) is 22.5 Å². The van der Waals surface area contributed by atoms with Crippen molar-refractivity contribution in [2.24, 2.45) is 0 Å². The molecule has 8 heteroatoms. The number of hydrogen-bond donors (Lipinski definition) is 1. The first-order valence-corrected chi connectivity index (χ1v) is 11.7. The molecule has 0 saturated heterocycles. The van der Waals surface area contributed by atoms with E-state index in [1.807, 2.05) is 24.3 Å². The van der Waals surface area contributed by atoms with Gasteiger partial charge in [-0.05, 0) is 48.7 Å². The molecule has 150 valence electrons. The van der Waals surface area contributed by atoms with Crippen LogP contribution in [-0.2, 0) is 20.2 Å². The van der Waals surface area contributed by atoms with E-state index in [4.69, 9.17) is 11.6 Å². The van der Waals surface area contributed by atoms with Gasteiger partial charge in [0.1, 0.15) is 0 Å². The summed E-state index contributed by atoms with van der Waals surface area (Å²) in [5.41, 5.74) is 0.664. The summed E-state index contributed by atoms with van der Waals surface area (Å²) in [6.07, 6.45) is 1.49. The number of benzene rings is 2. The molecule has 0 bridgehead atoms. The van der Waals surface area contributed by atoms with Crippen LogP contribution in [-0.4, -0.2) is 31.7 Å². The van der Waals surface area contributed by atoms with Gasteiger partial charge in [-0.2, -0.15) is 4.31 Å². The van der Waals surface area contributed by atoms with Gasteiger partial charge in [-0.25, -0.2) is 8.42 Å². The van der Waals surface area contributed by atoms with Gasteiger partial charge in [-0.3, -0.25) is 4.79 Å². The highest BCUT2D eigenvalue weighted by molar-refractivity contribution is 9.10. The van der Waals surface area contributed by atoms with Crippen LogP contribution in [0.2, 0.25) is 5.02 Å².